The number of sulfone groups is 1. The molecule has 0 aromatic carbocycles. The first-order valence-corrected chi connectivity index (χ1v) is 27.6. The summed E-state index contributed by atoms with van der Waals surface area (Å²) in [5, 5.41) is 13.8. The van der Waals surface area contributed by atoms with E-state index in [1.54, 1.807) is 7.11 Å². The zero-order chi connectivity index (χ0) is 47.3. The molecule has 0 spiro atoms. The summed E-state index contributed by atoms with van der Waals surface area (Å²) in [7, 11) is -1.36. The third kappa shape index (κ3) is 10.3. The van der Waals surface area contributed by atoms with Gasteiger partial charge in [-0.25, -0.2) is 8.42 Å². The maximum Gasteiger partial charge on any atom is 0.306 e. The van der Waals surface area contributed by atoms with Crippen LogP contribution in [0.2, 0.25) is 0 Å². The summed E-state index contributed by atoms with van der Waals surface area (Å²) in [6, 6.07) is 0.0549. The molecule has 6 saturated carbocycles. The molecule has 12 nitrogen and oxygen atoms in total. The molecule has 1 saturated heterocycles. The van der Waals surface area contributed by atoms with Gasteiger partial charge in [0.25, 0.3) is 0 Å². The first kappa shape index (κ1) is 51.5. The Morgan fingerprint density at radius 1 is 0.754 bits per heavy atom. The molecular formula is C52H90N2O10S. The summed E-state index contributed by atoms with van der Waals surface area (Å²) in [4.78, 5) is 27.3. The highest BCUT2D eigenvalue weighted by Crippen LogP contribution is 2.78. The van der Waals surface area contributed by atoms with Gasteiger partial charge in [0.05, 0.1) is 70.1 Å². The molecule has 65 heavy (non-hydrogen) atoms. The van der Waals surface area contributed by atoms with Crippen LogP contribution in [0, 0.1) is 62.1 Å². The van der Waals surface area contributed by atoms with Crippen LogP contribution in [0.5, 0.6) is 0 Å². The van der Waals surface area contributed by atoms with Gasteiger partial charge < -0.3 is 34.1 Å². The number of aliphatic carboxylic acids is 1. The fourth-order valence-electron chi connectivity index (χ4n) is 16.3. The Hall–Kier alpha value is -1.35. The molecule has 0 amide bonds. The van der Waals surface area contributed by atoms with Crippen molar-refractivity contribution in [2.24, 2.45) is 62.1 Å². The van der Waals surface area contributed by atoms with Crippen molar-refractivity contribution in [3.63, 3.8) is 0 Å². The molecule has 1 aliphatic heterocycles. The van der Waals surface area contributed by atoms with Crippen molar-refractivity contribution in [2.45, 2.75) is 176 Å². The van der Waals surface area contributed by atoms with E-state index in [0.29, 0.717) is 87.7 Å². The average molecular weight is 935 g/mol. The van der Waals surface area contributed by atoms with E-state index in [2.05, 4.69) is 58.7 Å². The average Bonchev–Trinajstić information content (AvgIpc) is 3.84. The maximum absolute atomic E-state index is 13.4. The lowest BCUT2D eigenvalue weighted by atomic mass is 9.32. The number of nitrogens with one attached hydrogen (secondary N) is 1. The third-order valence-corrected chi connectivity index (χ3v) is 21.9. The number of ether oxygens (including phenoxy) is 5. The molecule has 0 aromatic heterocycles. The van der Waals surface area contributed by atoms with Crippen LogP contribution in [-0.4, -0.2) is 132 Å². The molecule has 374 valence electrons. The predicted molar refractivity (Wildman–Crippen MR) is 253 cm³/mol. The fraction of sp³-hybridized carbons (Fsp3) is 0.962. The van der Waals surface area contributed by atoms with Gasteiger partial charge in [0.1, 0.15) is 6.10 Å². The SMILES string of the molecule is COCCOCCOCCO[C@H](C)[C@@H](CN[C@]12CC[C@@H](C3(C)CC3)[C@@H]1[C@H]1CC[C@@H]3[C@@]4(C)CC[C@H](OC(=O)CC(C)(C)CC(=O)O)C(C)(C)[C@@H]4CC[C@@]3(C)[C@]1(C)CC2)N1CCS(=O)(=O)CC1. The van der Waals surface area contributed by atoms with Gasteiger partial charge in [-0.3, -0.25) is 14.5 Å². The molecule has 0 unspecified atom stereocenters. The number of carbonyl (C=O) groups excluding carboxylic acids is 1. The van der Waals surface area contributed by atoms with Gasteiger partial charge in [0, 0.05) is 43.7 Å². The second-order valence-corrected chi connectivity index (χ2v) is 27.1. The second-order valence-electron chi connectivity index (χ2n) is 24.8. The number of rotatable bonds is 21. The van der Waals surface area contributed by atoms with Crippen LogP contribution in [0.15, 0.2) is 0 Å². The first-order valence-electron chi connectivity index (χ1n) is 25.8. The molecule has 7 fully saturated rings. The largest absolute Gasteiger partial charge is 0.481 e. The Morgan fingerprint density at radius 3 is 2.06 bits per heavy atom. The smallest absolute Gasteiger partial charge is 0.306 e. The van der Waals surface area contributed by atoms with E-state index in [-0.39, 0.29) is 75.8 Å². The minimum atomic E-state index is -3.03. The molecule has 0 radical (unpaired) electrons. The predicted octanol–water partition coefficient (Wildman–Crippen LogP) is 8.20. The van der Waals surface area contributed by atoms with Crippen LogP contribution in [0.4, 0.5) is 0 Å². The van der Waals surface area contributed by atoms with Crippen LogP contribution in [0.1, 0.15) is 152 Å². The van der Waals surface area contributed by atoms with Crippen molar-refractivity contribution in [3.05, 3.63) is 0 Å². The van der Waals surface area contributed by atoms with Gasteiger partial charge in [-0.2, -0.15) is 0 Å². The van der Waals surface area contributed by atoms with E-state index in [0.717, 1.165) is 25.8 Å². The Morgan fingerprint density at radius 2 is 1.42 bits per heavy atom. The molecule has 0 aromatic rings. The van der Waals surface area contributed by atoms with Crippen LogP contribution >= 0.6 is 0 Å². The van der Waals surface area contributed by atoms with Crippen molar-refractivity contribution in [1.29, 1.82) is 0 Å². The molecule has 1 heterocycles. The van der Waals surface area contributed by atoms with Gasteiger partial charge in [-0.1, -0.05) is 55.4 Å². The van der Waals surface area contributed by atoms with Gasteiger partial charge in [-0.05, 0) is 141 Å². The summed E-state index contributed by atoms with van der Waals surface area (Å²) in [6.07, 6.45) is 14.1. The number of nitrogens with zero attached hydrogens (tertiary/aromatic N) is 1. The lowest BCUT2D eigenvalue weighted by Gasteiger charge is -2.73. The molecule has 13 heteroatoms. The number of fused-ring (bicyclic) bond motifs is 7. The van der Waals surface area contributed by atoms with Crippen molar-refractivity contribution in [3.8, 4) is 0 Å². The standard InChI is InChI=1S/C52H90N2O10S/c1-36(63-30-29-62-28-27-61-26-25-60-10)39(54-23-31-65(58,59)32-24-54)35-53-52-18-13-37(48(6)19-20-48)45(52)38-11-12-41-49(7)16-15-42(64-44(57)34-46(2,3)33-43(55)56)47(4,5)40(49)14-17-51(41,9)50(38,8)21-22-52/h36-42,45,53H,11-35H2,1-10H3,(H,55,56)/t36-,37-,38-,39-,40+,41-,42+,45-,49+,50-,51-,52+/m1/s1. The van der Waals surface area contributed by atoms with Crippen molar-refractivity contribution in [1.82, 2.24) is 10.2 Å². The Kier molecular flexibility index (Phi) is 15.4. The van der Waals surface area contributed by atoms with E-state index in [9.17, 15) is 23.1 Å². The maximum atomic E-state index is 13.4. The minimum absolute atomic E-state index is 0.0549. The fourth-order valence-corrected chi connectivity index (χ4v) is 17.6. The highest BCUT2D eigenvalue weighted by molar-refractivity contribution is 7.91. The monoisotopic (exact) mass is 935 g/mol. The summed E-state index contributed by atoms with van der Waals surface area (Å²) >= 11 is 0. The topological polar surface area (TPSA) is 150 Å². The van der Waals surface area contributed by atoms with E-state index < -0.39 is 21.2 Å². The molecular weight excluding hydrogens is 845 g/mol. The lowest BCUT2D eigenvalue weighted by molar-refractivity contribution is -0.248. The lowest BCUT2D eigenvalue weighted by Crippen LogP contribution is -2.69. The number of esters is 1. The number of carboxylic acid groups (broad SMARTS) is 1. The summed E-state index contributed by atoms with van der Waals surface area (Å²) in [6.45, 7) is 26.2. The van der Waals surface area contributed by atoms with E-state index in [4.69, 9.17) is 23.7 Å². The highest BCUT2D eigenvalue weighted by Gasteiger charge is 2.72. The van der Waals surface area contributed by atoms with Crippen LogP contribution in [-0.2, 0) is 43.1 Å². The normalized spacial score (nSPS) is 39.2. The minimum Gasteiger partial charge on any atom is -0.481 e. The highest BCUT2D eigenvalue weighted by atomic mass is 32.2. The Balaban J connectivity index is 1.07. The van der Waals surface area contributed by atoms with Gasteiger partial charge in [-0.15, -0.1) is 0 Å². The van der Waals surface area contributed by atoms with Crippen LogP contribution in [0.25, 0.3) is 0 Å². The van der Waals surface area contributed by atoms with Crippen molar-refractivity contribution in [2.75, 3.05) is 77.9 Å². The molecule has 12 atom stereocenters. The number of methoxy groups -OCH3 is 1. The zero-order valence-corrected chi connectivity index (χ0v) is 43.1. The summed E-state index contributed by atoms with van der Waals surface area (Å²) < 4.78 is 54.6. The van der Waals surface area contributed by atoms with Gasteiger partial charge in [0.2, 0.25) is 0 Å². The molecule has 7 aliphatic rings. The number of carbonyl (C=O) groups is 2. The molecule has 6 aliphatic carbocycles. The number of carboxylic acids is 1. The van der Waals surface area contributed by atoms with E-state index in [1.165, 1.54) is 57.8 Å². The molecule has 0 bridgehead atoms. The first-order chi connectivity index (χ1) is 30.5. The number of hydrogen-bond acceptors (Lipinski definition) is 11. The van der Waals surface area contributed by atoms with E-state index >= 15 is 0 Å². The third-order valence-electron chi connectivity index (χ3n) is 20.3. The Labute approximate surface area is 393 Å². The van der Waals surface area contributed by atoms with Crippen LogP contribution in [0.3, 0.4) is 0 Å². The van der Waals surface area contributed by atoms with Crippen LogP contribution < -0.4 is 5.32 Å². The second kappa shape index (κ2) is 19.4. The van der Waals surface area contributed by atoms with Crippen molar-refractivity contribution < 1.29 is 46.8 Å². The van der Waals surface area contributed by atoms with E-state index in [1.807, 2.05) is 13.8 Å². The molecule has 7 rings (SSSR count). The van der Waals surface area contributed by atoms with Crippen molar-refractivity contribution >= 4 is 21.8 Å². The quantitative estimate of drug-likeness (QED) is 0.0844. The number of hydrogen-bond donors (Lipinski definition) is 2. The zero-order valence-electron chi connectivity index (χ0n) is 42.3. The van der Waals surface area contributed by atoms with Gasteiger partial charge in [0.15, 0.2) is 9.84 Å². The molecule has 2 N–H and O–H groups in total. The summed E-state index contributed by atoms with van der Waals surface area (Å²) in [5.74, 6) is 2.24. The van der Waals surface area contributed by atoms with Gasteiger partial charge >= 0.3 is 11.9 Å². The Bertz CT molecular complexity index is 1770. The summed E-state index contributed by atoms with van der Waals surface area (Å²) in [5.41, 5.74) is 0.207.